The summed E-state index contributed by atoms with van der Waals surface area (Å²) in [5.74, 6) is -0.247. The van der Waals surface area contributed by atoms with Gasteiger partial charge in [-0.05, 0) is 43.5 Å². The Hall–Kier alpha value is -3.26. The van der Waals surface area contributed by atoms with Gasteiger partial charge in [0.05, 0.1) is 6.54 Å². The average molecular weight is 438 g/mol. The number of amides is 3. The van der Waals surface area contributed by atoms with Crippen molar-refractivity contribution < 1.29 is 9.59 Å². The van der Waals surface area contributed by atoms with Crippen LogP contribution in [0.4, 0.5) is 10.5 Å². The summed E-state index contributed by atoms with van der Waals surface area (Å²) in [5, 5.41) is 8.28. The quantitative estimate of drug-likeness (QED) is 0.544. The molecular weight excluding hydrogens is 410 g/mol. The molecule has 0 spiro atoms. The van der Waals surface area contributed by atoms with Gasteiger partial charge in [-0.2, -0.15) is 0 Å². The van der Waals surface area contributed by atoms with Gasteiger partial charge in [0, 0.05) is 36.0 Å². The number of aryl methyl sites for hydroxylation is 1. The number of para-hydroxylation sites is 1. The van der Waals surface area contributed by atoms with Gasteiger partial charge in [-0.3, -0.25) is 9.78 Å². The molecule has 0 aliphatic heterocycles. The number of anilines is 1. The van der Waals surface area contributed by atoms with E-state index in [1.165, 1.54) is 11.3 Å². The molecule has 0 unspecified atom stereocenters. The van der Waals surface area contributed by atoms with E-state index in [1.54, 1.807) is 22.7 Å². The van der Waals surface area contributed by atoms with Crippen molar-refractivity contribution in [2.75, 3.05) is 5.32 Å². The molecule has 162 valence electrons. The Labute approximate surface area is 186 Å². The highest BCUT2D eigenvalue weighted by atomic mass is 32.1. The molecule has 3 aromatic rings. The van der Waals surface area contributed by atoms with Crippen molar-refractivity contribution in [3.63, 3.8) is 0 Å². The maximum Gasteiger partial charge on any atom is 0.322 e. The minimum Gasteiger partial charge on any atom is -0.347 e. The van der Waals surface area contributed by atoms with E-state index >= 15 is 0 Å². The third-order valence-electron chi connectivity index (χ3n) is 4.79. The number of carbonyl (C=O) groups is 2. The Kier molecular flexibility index (Phi) is 7.72. The second-order valence-electron chi connectivity index (χ2n) is 7.33. The third kappa shape index (κ3) is 6.11. The summed E-state index contributed by atoms with van der Waals surface area (Å²) in [6.07, 6.45) is 4.24. The first-order valence-corrected chi connectivity index (χ1v) is 11.1. The maximum atomic E-state index is 12.9. The zero-order valence-corrected chi connectivity index (χ0v) is 18.8. The van der Waals surface area contributed by atoms with E-state index in [-0.39, 0.29) is 18.0 Å². The van der Waals surface area contributed by atoms with E-state index in [2.05, 4.69) is 27.5 Å². The lowest BCUT2D eigenvalue weighted by molar-refractivity contribution is 0.0946. The fraction of sp³-hybridized carbons (Fsp3) is 0.304. The fourth-order valence-corrected chi connectivity index (χ4v) is 3.81. The number of urea groups is 1. The van der Waals surface area contributed by atoms with Crippen LogP contribution in [0, 0.1) is 0 Å². The Morgan fingerprint density at radius 1 is 1.16 bits per heavy atom. The van der Waals surface area contributed by atoms with Gasteiger partial charge in [0.1, 0.15) is 10.7 Å². The molecule has 0 atom stereocenters. The van der Waals surface area contributed by atoms with Gasteiger partial charge in [-0.25, -0.2) is 9.78 Å². The molecule has 0 bridgehead atoms. The van der Waals surface area contributed by atoms with Crippen LogP contribution in [0.2, 0.25) is 0 Å². The fourth-order valence-electron chi connectivity index (χ4n) is 3.04. The Balaban J connectivity index is 1.63. The topological polar surface area (TPSA) is 87.2 Å². The molecule has 3 amide bonds. The van der Waals surface area contributed by atoms with Crippen LogP contribution >= 0.6 is 11.3 Å². The molecule has 1 aromatic carbocycles. The SMILES string of the molecule is CCc1ccccc1NC(=O)N(Cc1nc(C(=O)NCc2cccnc2)cs1)C(C)C. The molecule has 0 saturated carbocycles. The molecule has 7 nitrogen and oxygen atoms in total. The van der Waals surface area contributed by atoms with Gasteiger partial charge >= 0.3 is 6.03 Å². The van der Waals surface area contributed by atoms with E-state index in [1.807, 2.05) is 50.2 Å². The Bertz CT molecular complexity index is 1020. The van der Waals surface area contributed by atoms with Crippen molar-refractivity contribution >= 4 is 29.0 Å². The van der Waals surface area contributed by atoms with E-state index in [4.69, 9.17) is 0 Å². The first-order valence-electron chi connectivity index (χ1n) is 10.2. The normalized spacial score (nSPS) is 10.7. The minimum atomic E-state index is -0.247. The second-order valence-corrected chi connectivity index (χ2v) is 8.28. The predicted octanol–water partition coefficient (Wildman–Crippen LogP) is 4.47. The van der Waals surface area contributed by atoms with Crippen molar-refractivity contribution in [2.24, 2.45) is 0 Å². The van der Waals surface area contributed by atoms with Crippen LogP contribution in [0.15, 0.2) is 54.2 Å². The number of hydrogen-bond donors (Lipinski definition) is 2. The predicted molar refractivity (Wildman–Crippen MR) is 123 cm³/mol. The number of nitrogens with one attached hydrogen (secondary N) is 2. The highest BCUT2D eigenvalue weighted by molar-refractivity contribution is 7.09. The second kappa shape index (κ2) is 10.7. The number of hydrogen-bond acceptors (Lipinski definition) is 5. The first kappa shape index (κ1) is 22.4. The lowest BCUT2D eigenvalue weighted by Gasteiger charge is -2.26. The van der Waals surface area contributed by atoms with Crippen molar-refractivity contribution in [3.05, 3.63) is 76.0 Å². The summed E-state index contributed by atoms with van der Waals surface area (Å²) in [6, 6.07) is 11.3. The lowest BCUT2D eigenvalue weighted by Crippen LogP contribution is -2.39. The summed E-state index contributed by atoms with van der Waals surface area (Å²) in [7, 11) is 0. The number of nitrogens with zero attached hydrogens (tertiary/aromatic N) is 3. The molecule has 0 radical (unpaired) electrons. The number of carbonyl (C=O) groups excluding carboxylic acids is 2. The van der Waals surface area contributed by atoms with Gasteiger partial charge in [0.25, 0.3) is 5.91 Å². The Morgan fingerprint density at radius 2 is 1.97 bits per heavy atom. The van der Waals surface area contributed by atoms with Gasteiger partial charge in [-0.15, -0.1) is 11.3 Å². The number of thiazole rings is 1. The van der Waals surface area contributed by atoms with Gasteiger partial charge < -0.3 is 15.5 Å². The third-order valence-corrected chi connectivity index (χ3v) is 5.62. The van der Waals surface area contributed by atoms with Crippen LogP contribution in [0.1, 0.15) is 47.4 Å². The van der Waals surface area contributed by atoms with Gasteiger partial charge in [-0.1, -0.05) is 31.2 Å². The number of aromatic nitrogens is 2. The van der Waals surface area contributed by atoms with Crippen LogP contribution in [-0.4, -0.2) is 32.8 Å². The molecule has 31 heavy (non-hydrogen) atoms. The molecule has 2 aromatic heterocycles. The number of benzene rings is 1. The monoisotopic (exact) mass is 437 g/mol. The summed E-state index contributed by atoms with van der Waals surface area (Å²) in [4.78, 5) is 35.5. The van der Waals surface area contributed by atoms with Crippen molar-refractivity contribution in [3.8, 4) is 0 Å². The van der Waals surface area contributed by atoms with E-state index in [0.29, 0.717) is 23.8 Å². The summed E-state index contributed by atoms with van der Waals surface area (Å²) in [5.41, 5.74) is 3.17. The molecular formula is C23H27N5O2S. The van der Waals surface area contributed by atoms with E-state index in [9.17, 15) is 9.59 Å². The highest BCUT2D eigenvalue weighted by Crippen LogP contribution is 2.19. The maximum absolute atomic E-state index is 12.9. The largest absolute Gasteiger partial charge is 0.347 e. The van der Waals surface area contributed by atoms with Gasteiger partial charge in [0.2, 0.25) is 0 Å². The summed E-state index contributed by atoms with van der Waals surface area (Å²) in [6.45, 7) is 6.69. The Morgan fingerprint density at radius 3 is 2.68 bits per heavy atom. The zero-order valence-electron chi connectivity index (χ0n) is 18.0. The van der Waals surface area contributed by atoms with Gasteiger partial charge in [0.15, 0.2) is 0 Å². The van der Waals surface area contributed by atoms with Crippen LogP contribution in [0.5, 0.6) is 0 Å². The van der Waals surface area contributed by atoms with Crippen LogP contribution in [-0.2, 0) is 19.5 Å². The first-order chi connectivity index (χ1) is 15.0. The van der Waals surface area contributed by atoms with Crippen LogP contribution in [0.25, 0.3) is 0 Å². The van der Waals surface area contributed by atoms with Crippen molar-refractivity contribution in [1.29, 1.82) is 0 Å². The van der Waals surface area contributed by atoms with Crippen molar-refractivity contribution in [2.45, 2.75) is 46.3 Å². The molecule has 2 heterocycles. The summed E-state index contributed by atoms with van der Waals surface area (Å²) < 4.78 is 0. The minimum absolute atomic E-state index is 0.0273. The standard InChI is InChI=1S/C23H27N5O2S/c1-4-18-9-5-6-10-19(18)27-23(30)28(16(2)3)14-21-26-20(15-31-21)22(29)25-13-17-8-7-11-24-12-17/h5-12,15-16H,4,13-14H2,1-3H3,(H,25,29)(H,27,30). The van der Waals surface area contributed by atoms with E-state index in [0.717, 1.165) is 23.2 Å². The summed E-state index contributed by atoms with van der Waals surface area (Å²) >= 11 is 1.37. The average Bonchev–Trinajstić information content (AvgIpc) is 3.25. The smallest absolute Gasteiger partial charge is 0.322 e. The highest BCUT2D eigenvalue weighted by Gasteiger charge is 2.21. The molecule has 2 N–H and O–H groups in total. The van der Waals surface area contributed by atoms with Crippen LogP contribution in [0.3, 0.4) is 0 Å². The lowest BCUT2D eigenvalue weighted by atomic mass is 10.1. The van der Waals surface area contributed by atoms with Crippen LogP contribution < -0.4 is 10.6 Å². The molecule has 0 saturated heterocycles. The van der Waals surface area contributed by atoms with E-state index < -0.39 is 0 Å². The number of pyridine rings is 1. The number of rotatable bonds is 8. The zero-order chi connectivity index (χ0) is 22.2. The van der Waals surface area contributed by atoms with Crippen molar-refractivity contribution in [1.82, 2.24) is 20.2 Å². The molecule has 0 aliphatic rings. The molecule has 0 fully saturated rings. The molecule has 8 heteroatoms. The molecule has 0 aliphatic carbocycles. The molecule has 3 rings (SSSR count).